The molecule has 0 spiro atoms. The highest BCUT2D eigenvalue weighted by atomic mass is 32.1. The number of nitrogens with one attached hydrogen (secondary N) is 2. The summed E-state index contributed by atoms with van der Waals surface area (Å²) >= 11 is 1.41. The maximum atomic E-state index is 12.3. The average molecular weight is 287 g/mol. The number of fused-ring (bicyclic) bond motifs is 3. The molecule has 3 rings (SSSR count). The predicted octanol–water partition coefficient (Wildman–Crippen LogP) is 2.98. The molecule has 5 heteroatoms. The lowest BCUT2D eigenvalue weighted by Crippen LogP contribution is -2.17. The fourth-order valence-corrected chi connectivity index (χ4v) is 4.02. The molecule has 20 heavy (non-hydrogen) atoms. The van der Waals surface area contributed by atoms with E-state index in [-0.39, 0.29) is 5.56 Å². The van der Waals surface area contributed by atoms with Gasteiger partial charge in [0.1, 0.15) is 4.70 Å². The van der Waals surface area contributed by atoms with Gasteiger partial charge >= 0.3 is 0 Å². The fourth-order valence-electron chi connectivity index (χ4n) is 2.95. The van der Waals surface area contributed by atoms with Gasteiger partial charge in [-0.25, -0.2) is 0 Å². The highest BCUT2D eigenvalue weighted by molar-refractivity contribution is 7.20. The van der Waals surface area contributed by atoms with Crippen LogP contribution in [0.15, 0.2) is 17.1 Å². The third-order valence-corrected chi connectivity index (χ3v) is 5.20. The summed E-state index contributed by atoms with van der Waals surface area (Å²) < 4.78 is 0.744. The van der Waals surface area contributed by atoms with Crippen LogP contribution in [0.5, 0.6) is 0 Å². The maximum Gasteiger partial charge on any atom is 0.266 e. The molecule has 0 saturated carbocycles. The van der Waals surface area contributed by atoms with Crippen molar-refractivity contribution in [3.05, 3.63) is 38.8 Å². The minimum atomic E-state index is -0.0231. The van der Waals surface area contributed by atoms with Crippen molar-refractivity contribution in [1.29, 1.82) is 5.41 Å². The molecule has 0 amide bonds. The highest BCUT2D eigenvalue weighted by Gasteiger charge is 2.22. The monoisotopic (exact) mass is 287 g/mol. The van der Waals surface area contributed by atoms with Crippen molar-refractivity contribution < 1.29 is 0 Å². The second-order valence-corrected chi connectivity index (χ2v) is 6.31. The van der Waals surface area contributed by atoms with Gasteiger partial charge in [0.2, 0.25) is 0 Å². The molecule has 0 saturated heterocycles. The molecule has 4 nitrogen and oxygen atoms in total. The number of rotatable bonds is 2. The Morgan fingerprint density at radius 1 is 1.60 bits per heavy atom. The lowest BCUT2D eigenvalue weighted by Gasteiger charge is -2.22. The van der Waals surface area contributed by atoms with Crippen LogP contribution < -0.4 is 11.3 Å². The average Bonchev–Trinajstić information content (AvgIpc) is 2.87. The molecular weight excluding hydrogens is 270 g/mol. The summed E-state index contributed by atoms with van der Waals surface area (Å²) in [5.74, 6) is 0.409. The number of aromatic nitrogens is 1. The first-order valence-corrected chi connectivity index (χ1v) is 7.58. The number of hydrogen-bond donors (Lipinski definition) is 3. The zero-order valence-electron chi connectivity index (χ0n) is 11.3. The zero-order chi connectivity index (χ0) is 14.3. The molecular formula is C15H17N3OS. The van der Waals surface area contributed by atoms with Crippen LogP contribution in [0.25, 0.3) is 15.7 Å². The molecule has 0 aliphatic heterocycles. The highest BCUT2D eigenvalue weighted by Crippen LogP contribution is 2.36. The van der Waals surface area contributed by atoms with Gasteiger partial charge in [-0.2, -0.15) is 0 Å². The fraction of sp³-hybridized carbons (Fsp3) is 0.333. The predicted molar refractivity (Wildman–Crippen MR) is 84.7 cm³/mol. The lowest BCUT2D eigenvalue weighted by atomic mass is 9.86. The number of thiophene rings is 1. The minimum absolute atomic E-state index is 0.0231. The second-order valence-electron chi connectivity index (χ2n) is 5.26. The summed E-state index contributed by atoms with van der Waals surface area (Å²) in [5.41, 5.74) is 8.53. The number of nitrogens with two attached hydrogens (primary N) is 1. The summed E-state index contributed by atoms with van der Waals surface area (Å²) in [6.07, 6.45) is 5.94. The van der Waals surface area contributed by atoms with E-state index in [0.717, 1.165) is 39.9 Å². The summed E-state index contributed by atoms with van der Waals surface area (Å²) in [5, 5.41) is 8.43. The second kappa shape index (κ2) is 4.90. The van der Waals surface area contributed by atoms with Crippen LogP contribution in [0.4, 0.5) is 0 Å². The standard InChI is InChI=1S/C15H17N3OS/c1-8-3-2-4-10-11-5-12(9(6-16)7-17)20-14(11)15(19)18-13(8)10/h5-8,16H,2-4,17H2,1H3,(H,18,19)/b9-7+,16-6?. The van der Waals surface area contributed by atoms with Gasteiger partial charge in [0, 0.05) is 33.9 Å². The Bertz CT molecular complexity index is 769. The molecule has 2 aromatic rings. The smallest absolute Gasteiger partial charge is 0.266 e. The van der Waals surface area contributed by atoms with E-state index in [1.165, 1.54) is 29.3 Å². The van der Waals surface area contributed by atoms with E-state index >= 15 is 0 Å². The van der Waals surface area contributed by atoms with Crippen LogP contribution in [0.1, 0.15) is 41.8 Å². The van der Waals surface area contributed by atoms with Gasteiger partial charge in [0.05, 0.1) is 0 Å². The Morgan fingerprint density at radius 2 is 2.40 bits per heavy atom. The van der Waals surface area contributed by atoms with Gasteiger partial charge in [-0.15, -0.1) is 11.3 Å². The number of allylic oxidation sites excluding steroid dienone is 1. The molecule has 0 fully saturated rings. The third-order valence-electron chi connectivity index (χ3n) is 4.01. The van der Waals surface area contributed by atoms with Crippen LogP contribution in [0.3, 0.4) is 0 Å². The topological polar surface area (TPSA) is 82.7 Å². The van der Waals surface area contributed by atoms with Gasteiger partial charge in [0.25, 0.3) is 5.56 Å². The molecule has 1 atom stereocenters. The van der Waals surface area contributed by atoms with Crippen molar-refractivity contribution in [2.75, 3.05) is 0 Å². The van der Waals surface area contributed by atoms with E-state index in [4.69, 9.17) is 11.1 Å². The normalized spacial score (nSPS) is 19.1. The first-order valence-electron chi connectivity index (χ1n) is 6.77. The summed E-state index contributed by atoms with van der Waals surface area (Å²) in [4.78, 5) is 16.2. The summed E-state index contributed by atoms with van der Waals surface area (Å²) in [7, 11) is 0. The van der Waals surface area contributed by atoms with E-state index in [1.54, 1.807) is 0 Å². The van der Waals surface area contributed by atoms with E-state index in [9.17, 15) is 4.79 Å². The van der Waals surface area contributed by atoms with E-state index in [2.05, 4.69) is 11.9 Å². The van der Waals surface area contributed by atoms with Crippen molar-refractivity contribution in [3.63, 3.8) is 0 Å². The number of hydrogen-bond acceptors (Lipinski definition) is 4. The zero-order valence-corrected chi connectivity index (χ0v) is 12.1. The number of aromatic amines is 1. The number of H-pyrrole nitrogens is 1. The van der Waals surface area contributed by atoms with Gasteiger partial charge in [-0.3, -0.25) is 4.79 Å². The van der Waals surface area contributed by atoms with Crippen LogP contribution in [0.2, 0.25) is 0 Å². The summed E-state index contributed by atoms with van der Waals surface area (Å²) in [6.45, 7) is 2.16. The van der Waals surface area contributed by atoms with Crippen molar-refractivity contribution >= 4 is 33.2 Å². The largest absolute Gasteiger partial charge is 0.404 e. The van der Waals surface area contributed by atoms with Crippen LogP contribution in [-0.2, 0) is 6.42 Å². The van der Waals surface area contributed by atoms with Crippen LogP contribution in [-0.4, -0.2) is 11.2 Å². The number of pyridine rings is 1. The molecule has 0 bridgehead atoms. The van der Waals surface area contributed by atoms with E-state index in [0.29, 0.717) is 11.5 Å². The quantitative estimate of drug-likeness (QED) is 0.742. The molecule has 2 aromatic heterocycles. The van der Waals surface area contributed by atoms with E-state index < -0.39 is 0 Å². The van der Waals surface area contributed by atoms with Gasteiger partial charge in [0.15, 0.2) is 0 Å². The molecule has 1 unspecified atom stereocenters. The molecule has 2 heterocycles. The number of aryl methyl sites for hydroxylation is 1. The molecule has 1 aliphatic rings. The molecule has 104 valence electrons. The Labute approximate surface area is 120 Å². The van der Waals surface area contributed by atoms with E-state index in [1.807, 2.05) is 6.07 Å². The van der Waals surface area contributed by atoms with Crippen molar-refractivity contribution in [2.45, 2.75) is 32.1 Å². The van der Waals surface area contributed by atoms with Crippen molar-refractivity contribution in [1.82, 2.24) is 4.98 Å². The third kappa shape index (κ3) is 1.89. The molecule has 0 radical (unpaired) electrons. The first kappa shape index (κ1) is 13.1. The lowest BCUT2D eigenvalue weighted by molar-refractivity contribution is 0.575. The van der Waals surface area contributed by atoms with Gasteiger partial charge in [-0.1, -0.05) is 6.92 Å². The van der Waals surface area contributed by atoms with Crippen molar-refractivity contribution in [3.8, 4) is 0 Å². The maximum absolute atomic E-state index is 12.3. The molecule has 1 aliphatic carbocycles. The Kier molecular flexibility index (Phi) is 3.22. The Balaban J connectivity index is 2.31. The Hall–Kier alpha value is -1.88. The Morgan fingerprint density at radius 3 is 3.10 bits per heavy atom. The first-order chi connectivity index (χ1) is 9.65. The van der Waals surface area contributed by atoms with Crippen LogP contribution >= 0.6 is 11.3 Å². The van der Waals surface area contributed by atoms with Crippen LogP contribution in [0, 0.1) is 5.41 Å². The minimum Gasteiger partial charge on any atom is -0.404 e. The SMILES string of the molecule is CC1CCCc2c1[nH]c(=O)c1sc(/C(C=N)=C/N)cc21. The molecule has 4 N–H and O–H groups in total. The summed E-state index contributed by atoms with van der Waals surface area (Å²) in [6, 6.07) is 2.01. The van der Waals surface area contributed by atoms with Gasteiger partial charge < -0.3 is 16.1 Å². The van der Waals surface area contributed by atoms with Gasteiger partial charge in [-0.05, 0) is 36.8 Å². The van der Waals surface area contributed by atoms with Crippen molar-refractivity contribution in [2.24, 2.45) is 5.73 Å². The molecule has 0 aromatic carbocycles.